The summed E-state index contributed by atoms with van der Waals surface area (Å²) in [6, 6.07) is 14.4. The summed E-state index contributed by atoms with van der Waals surface area (Å²) in [6.45, 7) is 2.16. The van der Waals surface area contributed by atoms with Gasteiger partial charge in [0.15, 0.2) is 5.76 Å². The molecule has 0 saturated heterocycles. The minimum Gasteiger partial charge on any atom is -0.451 e. The van der Waals surface area contributed by atoms with Gasteiger partial charge in [-0.25, -0.2) is 13.6 Å². The van der Waals surface area contributed by atoms with Gasteiger partial charge in [0.1, 0.15) is 5.58 Å². The first-order valence-electron chi connectivity index (χ1n) is 7.68. The lowest BCUT2D eigenvalue weighted by Crippen LogP contribution is -2.23. The Morgan fingerprint density at radius 3 is 2.36 bits per heavy atom. The predicted octanol–water partition coefficient (Wildman–Crippen LogP) is 2.46. The SMILES string of the molecule is Cc1c(C(=O)NCc2ccc(CS(N)(=O)=O)cc2)oc2ccccc12. The quantitative estimate of drug-likeness (QED) is 0.731. The molecule has 3 aromatic rings. The molecule has 6 nitrogen and oxygen atoms in total. The van der Waals surface area contributed by atoms with Crippen molar-refractivity contribution in [1.29, 1.82) is 0 Å². The summed E-state index contributed by atoms with van der Waals surface area (Å²) in [7, 11) is -3.55. The number of aryl methyl sites for hydroxylation is 1. The van der Waals surface area contributed by atoms with Crippen LogP contribution in [-0.4, -0.2) is 14.3 Å². The van der Waals surface area contributed by atoms with E-state index in [9.17, 15) is 13.2 Å². The molecule has 0 unspecified atom stereocenters. The number of para-hydroxylation sites is 1. The first kappa shape index (κ1) is 17.2. The summed E-state index contributed by atoms with van der Waals surface area (Å²) in [5.41, 5.74) is 2.93. The average Bonchev–Trinajstić information content (AvgIpc) is 2.90. The fourth-order valence-corrected chi connectivity index (χ4v) is 3.30. The summed E-state index contributed by atoms with van der Waals surface area (Å²) in [4.78, 5) is 12.4. The van der Waals surface area contributed by atoms with Crippen LogP contribution in [0.3, 0.4) is 0 Å². The van der Waals surface area contributed by atoms with Crippen molar-refractivity contribution in [1.82, 2.24) is 5.32 Å². The van der Waals surface area contributed by atoms with Crippen LogP contribution in [0.4, 0.5) is 0 Å². The van der Waals surface area contributed by atoms with Crippen LogP contribution in [0.15, 0.2) is 52.9 Å². The van der Waals surface area contributed by atoms with E-state index in [1.165, 1.54) is 0 Å². The molecule has 0 bridgehead atoms. The van der Waals surface area contributed by atoms with Crippen LogP contribution in [0.25, 0.3) is 11.0 Å². The van der Waals surface area contributed by atoms with Crippen molar-refractivity contribution in [2.45, 2.75) is 19.2 Å². The van der Waals surface area contributed by atoms with Crippen molar-refractivity contribution in [3.63, 3.8) is 0 Å². The smallest absolute Gasteiger partial charge is 0.287 e. The summed E-state index contributed by atoms with van der Waals surface area (Å²) >= 11 is 0. The second-order valence-corrected chi connectivity index (χ2v) is 7.47. The normalized spacial score (nSPS) is 11.6. The molecular weight excluding hydrogens is 340 g/mol. The molecule has 0 spiro atoms. The van der Waals surface area contributed by atoms with Gasteiger partial charge in [-0.1, -0.05) is 42.5 Å². The Hall–Kier alpha value is -2.64. The molecule has 1 heterocycles. The highest BCUT2D eigenvalue weighted by Gasteiger charge is 2.17. The van der Waals surface area contributed by atoms with E-state index in [-0.39, 0.29) is 11.7 Å². The lowest BCUT2D eigenvalue weighted by atomic mass is 10.1. The number of furan rings is 1. The summed E-state index contributed by atoms with van der Waals surface area (Å²) < 4.78 is 27.8. The number of amides is 1. The van der Waals surface area contributed by atoms with Crippen LogP contribution in [0, 0.1) is 6.92 Å². The second-order valence-electron chi connectivity index (χ2n) is 5.86. The Labute approximate surface area is 145 Å². The van der Waals surface area contributed by atoms with E-state index in [0.717, 1.165) is 16.5 Å². The van der Waals surface area contributed by atoms with Gasteiger partial charge in [0.05, 0.1) is 5.75 Å². The topological polar surface area (TPSA) is 102 Å². The van der Waals surface area contributed by atoms with E-state index in [4.69, 9.17) is 9.56 Å². The molecular formula is C18H18N2O4S. The largest absolute Gasteiger partial charge is 0.451 e. The number of hydrogen-bond acceptors (Lipinski definition) is 4. The van der Waals surface area contributed by atoms with Crippen molar-refractivity contribution in [3.05, 3.63) is 71.0 Å². The van der Waals surface area contributed by atoms with Crippen molar-refractivity contribution >= 4 is 26.9 Å². The molecule has 0 aliphatic rings. The molecule has 0 atom stereocenters. The number of hydrogen-bond donors (Lipinski definition) is 2. The van der Waals surface area contributed by atoms with Crippen molar-refractivity contribution < 1.29 is 17.6 Å². The van der Waals surface area contributed by atoms with E-state index in [1.54, 1.807) is 24.3 Å². The number of nitrogens with one attached hydrogen (secondary N) is 1. The average molecular weight is 358 g/mol. The lowest BCUT2D eigenvalue weighted by Gasteiger charge is -2.05. The minimum atomic E-state index is -3.55. The van der Waals surface area contributed by atoms with Gasteiger partial charge < -0.3 is 9.73 Å². The molecule has 3 rings (SSSR count). The van der Waals surface area contributed by atoms with Crippen molar-refractivity contribution in [2.75, 3.05) is 0 Å². The second kappa shape index (κ2) is 6.70. The van der Waals surface area contributed by atoms with Gasteiger partial charge in [-0.2, -0.15) is 0 Å². The molecule has 0 aliphatic carbocycles. The molecule has 1 aromatic heterocycles. The lowest BCUT2D eigenvalue weighted by molar-refractivity contribution is 0.0924. The molecule has 3 N–H and O–H groups in total. The fourth-order valence-electron chi connectivity index (χ4n) is 2.64. The maximum Gasteiger partial charge on any atom is 0.287 e. The van der Waals surface area contributed by atoms with E-state index < -0.39 is 10.0 Å². The highest BCUT2D eigenvalue weighted by molar-refractivity contribution is 7.88. The van der Waals surface area contributed by atoms with Crippen LogP contribution in [0.2, 0.25) is 0 Å². The number of carbonyl (C=O) groups excluding carboxylic acids is 1. The first-order valence-corrected chi connectivity index (χ1v) is 9.39. The van der Waals surface area contributed by atoms with Gasteiger partial charge in [0.2, 0.25) is 10.0 Å². The molecule has 1 amide bonds. The highest BCUT2D eigenvalue weighted by atomic mass is 32.2. The van der Waals surface area contributed by atoms with Gasteiger partial charge >= 0.3 is 0 Å². The zero-order valence-electron chi connectivity index (χ0n) is 13.7. The van der Waals surface area contributed by atoms with Crippen LogP contribution >= 0.6 is 0 Å². The van der Waals surface area contributed by atoms with Crippen LogP contribution < -0.4 is 10.5 Å². The van der Waals surface area contributed by atoms with Crippen molar-refractivity contribution in [3.8, 4) is 0 Å². The summed E-state index contributed by atoms with van der Waals surface area (Å²) in [6.07, 6.45) is 0. The van der Waals surface area contributed by atoms with E-state index in [0.29, 0.717) is 23.5 Å². The van der Waals surface area contributed by atoms with Crippen LogP contribution in [0.5, 0.6) is 0 Å². The number of nitrogens with two attached hydrogens (primary N) is 1. The zero-order valence-corrected chi connectivity index (χ0v) is 14.5. The highest BCUT2D eigenvalue weighted by Crippen LogP contribution is 2.24. The Kier molecular flexibility index (Phi) is 4.61. The maximum absolute atomic E-state index is 12.4. The van der Waals surface area contributed by atoms with Gasteiger partial charge in [-0.3, -0.25) is 4.79 Å². The Balaban J connectivity index is 1.68. The molecule has 7 heteroatoms. The third kappa shape index (κ3) is 4.07. The predicted molar refractivity (Wildman–Crippen MR) is 95.4 cm³/mol. The zero-order chi connectivity index (χ0) is 18.0. The third-order valence-corrected chi connectivity index (χ3v) is 4.63. The minimum absolute atomic E-state index is 0.210. The van der Waals surface area contributed by atoms with Gasteiger partial charge in [-0.15, -0.1) is 0 Å². The van der Waals surface area contributed by atoms with Crippen LogP contribution in [-0.2, 0) is 22.3 Å². The molecule has 0 saturated carbocycles. The fraction of sp³-hybridized carbons (Fsp3) is 0.167. The molecule has 0 aliphatic heterocycles. The Morgan fingerprint density at radius 2 is 1.72 bits per heavy atom. The Bertz CT molecular complexity index is 1020. The number of fused-ring (bicyclic) bond motifs is 1. The third-order valence-electron chi connectivity index (χ3n) is 3.89. The number of carbonyl (C=O) groups is 1. The van der Waals surface area contributed by atoms with Gasteiger partial charge in [0.25, 0.3) is 5.91 Å². The number of primary sulfonamides is 1. The summed E-state index contributed by atoms with van der Waals surface area (Å²) in [5, 5.41) is 8.75. The van der Waals surface area contributed by atoms with E-state index in [1.807, 2.05) is 31.2 Å². The van der Waals surface area contributed by atoms with Crippen LogP contribution in [0.1, 0.15) is 27.2 Å². The maximum atomic E-state index is 12.4. The Morgan fingerprint density at radius 1 is 1.08 bits per heavy atom. The van der Waals surface area contributed by atoms with Gasteiger partial charge in [0, 0.05) is 17.5 Å². The van der Waals surface area contributed by atoms with Gasteiger partial charge in [-0.05, 0) is 24.1 Å². The number of rotatable bonds is 5. The standard InChI is InChI=1S/C18H18N2O4S/c1-12-15-4-2-3-5-16(15)24-17(12)18(21)20-10-13-6-8-14(9-7-13)11-25(19,22)23/h2-9H,10-11H2,1H3,(H,20,21)(H2,19,22,23). The number of benzene rings is 2. The van der Waals surface area contributed by atoms with E-state index in [2.05, 4.69) is 5.32 Å². The first-order chi connectivity index (χ1) is 11.8. The molecule has 25 heavy (non-hydrogen) atoms. The molecule has 0 fully saturated rings. The monoisotopic (exact) mass is 358 g/mol. The van der Waals surface area contributed by atoms with E-state index >= 15 is 0 Å². The molecule has 130 valence electrons. The molecule has 2 aromatic carbocycles. The summed E-state index contributed by atoms with van der Waals surface area (Å²) in [5.74, 6) is -0.202. The van der Waals surface area contributed by atoms with Crippen molar-refractivity contribution in [2.24, 2.45) is 5.14 Å². The molecule has 0 radical (unpaired) electrons. The number of sulfonamides is 1.